The summed E-state index contributed by atoms with van der Waals surface area (Å²) >= 11 is 0. The van der Waals surface area contributed by atoms with Crippen LogP contribution < -0.4 is 10.6 Å². The third-order valence-electron chi connectivity index (χ3n) is 6.11. The minimum Gasteiger partial charge on any atom is -0.357 e. The normalized spacial score (nSPS) is 15.5. The molecule has 2 heterocycles. The SMILES string of the molecule is O=C(NCc1cccnc1)c1ccc2[nH]c3c(c2c1)CCCC3NCc1ccc(F)cc1. The zero-order valence-corrected chi connectivity index (χ0v) is 17.7. The maximum atomic E-state index is 13.2. The van der Waals surface area contributed by atoms with Crippen LogP contribution in [-0.2, 0) is 19.5 Å². The first-order chi connectivity index (χ1) is 15.7. The van der Waals surface area contributed by atoms with Gasteiger partial charge in [0, 0.05) is 53.7 Å². The number of nitrogens with one attached hydrogen (secondary N) is 3. The lowest BCUT2D eigenvalue weighted by Gasteiger charge is -2.24. The summed E-state index contributed by atoms with van der Waals surface area (Å²) in [5, 5.41) is 7.70. The van der Waals surface area contributed by atoms with Gasteiger partial charge in [-0.2, -0.15) is 0 Å². The lowest BCUT2D eigenvalue weighted by Crippen LogP contribution is -2.24. The summed E-state index contributed by atoms with van der Waals surface area (Å²) in [6.45, 7) is 1.13. The second kappa shape index (κ2) is 8.93. The molecule has 4 aromatic rings. The van der Waals surface area contributed by atoms with Crippen molar-refractivity contribution in [1.29, 1.82) is 0 Å². The average molecular weight is 429 g/mol. The number of hydrogen-bond acceptors (Lipinski definition) is 3. The van der Waals surface area contributed by atoms with Gasteiger partial charge in [0.25, 0.3) is 5.91 Å². The minimum atomic E-state index is -0.218. The van der Waals surface area contributed by atoms with Crippen LogP contribution in [0.4, 0.5) is 4.39 Å². The van der Waals surface area contributed by atoms with E-state index in [1.54, 1.807) is 12.4 Å². The summed E-state index contributed by atoms with van der Waals surface area (Å²) in [6.07, 6.45) is 6.59. The van der Waals surface area contributed by atoms with Crippen LogP contribution in [0.5, 0.6) is 0 Å². The van der Waals surface area contributed by atoms with E-state index in [9.17, 15) is 9.18 Å². The van der Waals surface area contributed by atoms with E-state index in [4.69, 9.17) is 0 Å². The molecule has 1 unspecified atom stereocenters. The Bertz CT molecular complexity index is 1230. The fourth-order valence-corrected chi connectivity index (χ4v) is 4.44. The van der Waals surface area contributed by atoms with Crippen molar-refractivity contribution < 1.29 is 9.18 Å². The first-order valence-electron chi connectivity index (χ1n) is 11.0. The molecular formula is C26H25FN4O. The molecule has 6 heteroatoms. The fourth-order valence-electron chi connectivity index (χ4n) is 4.44. The number of carbonyl (C=O) groups is 1. The van der Waals surface area contributed by atoms with Crippen LogP contribution in [0.25, 0.3) is 10.9 Å². The molecule has 1 aliphatic rings. The van der Waals surface area contributed by atoms with Crippen molar-refractivity contribution in [1.82, 2.24) is 20.6 Å². The van der Waals surface area contributed by atoms with E-state index < -0.39 is 0 Å². The Balaban J connectivity index is 1.33. The van der Waals surface area contributed by atoms with Crippen molar-refractivity contribution >= 4 is 16.8 Å². The summed E-state index contributed by atoms with van der Waals surface area (Å²) in [7, 11) is 0. The molecule has 0 saturated heterocycles. The first-order valence-corrected chi connectivity index (χ1v) is 11.0. The van der Waals surface area contributed by atoms with E-state index in [1.807, 2.05) is 42.5 Å². The number of amides is 1. The molecule has 162 valence electrons. The number of rotatable bonds is 6. The zero-order chi connectivity index (χ0) is 21.9. The summed E-state index contributed by atoms with van der Waals surface area (Å²) < 4.78 is 13.2. The molecule has 3 N–H and O–H groups in total. The minimum absolute atomic E-state index is 0.0903. The van der Waals surface area contributed by atoms with Gasteiger partial charge in [0.1, 0.15) is 5.82 Å². The molecule has 0 fully saturated rings. The lowest BCUT2D eigenvalue weighted by atomic mass is 9.91. The van der Waals surface area contributed by atoms with Gasteiger partial charge in [0.2, 0.25) is 0 Å². The Morgan fingerprint density at radius 2 is 1.97 bits per heavy atom. The summed E-state index contributed by atoms with van der Waals surface area (Å²) in [5.74, 6) is -0.308. The third kappa shape index (κ3) is 4.27. The van der Waals surface area contributed by atoms with Crippen LogP contribution in [0.2, 0.25) is 0 Å². The van der Waals surface area contributed by atoms with Gasteiger partial charge in [-0.3, -0.25) is 9.78 Å². The number of benzene rings is 2. The second-order valence-corrected chi connectivity index (χ2v) is 8.27. The van der Waals surface area contributed by atoms with E-state index in [2.05, 4.69) is 20.6 Å². The highest BCUT2D eigenvalue weighted by Crippen LogP contribution is 2.35. The van der Waals surface area contributed by atoms with Crippen LogP contribution in [0, 0.1) is 5.82 Å². The number of halogens is 1. The Labute approximate surface area is 186 Å². The fraction of sp³-hybridized carbons (Fsp3) is 0.231. The Morgan fingerprint density at radius 1 is 1.09 bits per heavy atom. The van der Waals surface area contributed by atoms with E-state index in [-0.39, 0.29) is 17.8 Å². The number of aromatic nitrogens is 2. The molecule has 1 aliphatic carbocycles. The molecule has 1 atom stereocenters. The molecule has 0 aliphatic heterocycles. The van der Waals surface area contributed by atoms with E-state index >= 15 is 0 Å². The standard InChI is InChI=1S/C26H25FN4O/c27-20-9-6-17(7-10-20)15-29-24-5-1-4-21-22-13-19(8-11-23(22)31-25(21)24)26(32)30-16-18-3-2-12-28-14-18/h2-3,6-14,24,29,31H,1,4-5,15-16H2,(H,30,32). The first kappa shape index (κ1) is 20.4. The predicted molar refractivity (Wildman–Crippen MR) is 123 cm³/mol. The predicted octanol–water partition coefficient (Wildman–Crippen LogP) is 4.80. The van der Waals surface area contributed by atoms with Crippen molar-refractivity contribution in [2.75, 3.05) is 0 Å². The number of nitrogens with zero attached hydrogens (tertiary/aromatic N) is 1. The van der Waals surface area contributed by atoms with Gasteiger partial charge in [-0.05, 0) is 72.4 Å². The van der Waals surface area contributed by atoms with Crippen molar-refractivity contribution in [3.05, 3.63) is 101 Å². The molecule has 2 aromatic heterocycles. The van der Waals surface area contributed by atoms with E-state index in [0.29, 0.717) is 18.7 Å². The maximum absolute atomic E-state index is 13.2. The quantitative estimate of drug-likeness (QED) is 0.413. The molecule has 0 bridgehead atoms. The second-order valence-electron chi connectivity index (χ2n) is 8.27. The van der Waals surface area contributed by atoms with Gasteiger partial charge >= 0.3 is 0 Å². The van der Waals surface area contributed by atoms with Gasteiger partial charge in [-0.15, -0.1) is 0 Å². The third-order valence-corrected chi connectivity index (χ3v) is 6.11. The molecule has 32 heavy (non-hydrogen) atoms. The zero-order valence-electron chi connectivity index (χ0n) is 17.7. The highest BCUT2D eigenvalue weighted by Gasteiger charge is 2.24. The van der Waals surface area contributed by atoms with Crippen molar-refractivity contribution in [2.45, 2.75) is 38.4 Å². The molecular weight excluding hydrogens is 403 g/mol. The number of fused-ring (bicyclic) bond motifs is 3. The highest BCUT2D eigenvalue weighted by molar-refractivity contribution is 5.99. The number of carbonyl (C=O) groups excluding carboxylic acids is 1. The topological polar surface area (TPSA) is 69.8 Å². The summed E-state index contributed by atoms with van der Waals surface area (Å²) in [4.78, 5) is 20.4. The van der Waals surface area contributed by atoms with Gasteiger partial charge in [-0.1, -0.05) is 18.2 Å². The smallest absolute Gasteiger partial charge is 0.251 e. The number of aryl methyl sites for hydroxylation is 1. The monoisotopic (exact) mass is 428 g/mol. The van der Waals surface area contributed by atoms with Crippen LogP contribution in [0.1, 0.15) is 51.6 Å². The maximum Gasteiger partial charge on any atom is 0.251 e. The highest BCUT2D eigenvalue weighted by atomic mass is 19.1. The lowest BCUT2D eigenvalue weighted by molar-refractivity contribution is 0.0951. The molecule has 5 rings (SSSR count). The van der Waals surface area contributed by atoms with Crippen molar-refractivity contribution in [3.8, 4) is 0 Å². The van der Waals surface area contributed by atoms with Crippen LogP contribution >= 0.6 is 0 Å². The van der Waals surface area contributed by atoms with Gasteiger partial charge < -0.3 is 15.6 Å². The number of hydrogen-bond donors (Lipinski definition) is 3. The van der Waals surface area contributed by atoms with Crippen LogP contribution in [-0.4, -0.2) is 15.9 Å². The van der Waals surface area contributed by atoms with Crippen molar-refractivity contribution in [2.24, 2.45) is 0 Å². The van der Waals surface area contributed by atoms with E-state index in [0.717, 1.165) is 41.3 Å². The van der Waals surface area contributed by atoms with Gasteiger partial charge in [0.05, 0.1) is 0 Å². The Morgan fingerprint density at radius 3 is 2.78 bits per heavy atom. The van der Waals surface area contributed by atoms with Crippen LogP contribution in [0.3, 0.4) is 0 Å². The largest absolute Gasteiger partial charge is 0.357 e. The van der Waals surface area contributed by atoms with Crippen molar-refractivity contribution in [3.63, 3.8) is 0 Å². The molecule has 0 saturated carbocycles. The van der Waals surface area contributed by atoms with Gasteiger partial charge in [-0.25, -0.2) is 4.39 Å². The summed E-state index contributed by atoms with van der Waals surface area (Å²) in [6, 6.07) is 16.5. The molecule has 1 amide bonds. The molecule has 0 radical (unpaired) electrons. The van der Waals surface area contributed by atoms with Crippen LogP contribution in [0.15, 0.2) is 67.0 Å². The molecule has 0 spiro atoms. The number of aromatic amines is 1. The number of H-pyrrole nitrogens is 1. The average Bonchev–Trinajstić information content (AvgIpc) is 3.21. The molecule has 5 nitrogen and oxygen atoms in total. The summed E-state index contributed by atoms with van der Waals surface area (Å²) in [5.41, 5.74) is 6.21. The Kier molecular flexibility index (Phi) is 5.69. The number of pyridine rings is 1. The van der Waals surface area contributed by atoms with E-state index in [1.165, 1.54) is 23.4 Å². The van der Waals surface area contributed by atoms with Gasteiger partial charge in [0.15, 0.2) is 0 Å². The Hall–Kier alpha value is -3.51. The molecule has 2 aromatic carbocycles.